The van der Waals surface area contributed by atoms with Gasteiger partial charge in [0.15, 0.2) is 0 Å². The minimum atomic E-state index is -3.72. The minimum absolute atomic E-state index is 0.0104. The molecule has 0 atom stereocenters. The molecule has 0 spiro atoms. The van der Waals surface area contributed by atoms with Gasteiger partial charge in [-0.3, -0.25) is 10.1 Å². The van der Waals surface area contributed by atoms with Gasteiger partial charge in [-0.05, 0) is 59.7 Å². The van der Waals surface area contributed by atoms with E-state index in [9.17, 15) is 8.42 Å². The summed E-state index contributed by atoms with van der Waals surface area (Å²) >= 11 is 0. The largest absolute Gasteiger partial charge is 0.497 e. The van der Waals surface area contributed by atoms with Gasteiger partial charge < -0.3 is 10.5 Å². The van der Waals surface area contributed by atoms with Gasteiger partial charge in [0.05, 0.1) is 30.8 Å². The van der Waals surface area contributed by atoms with Gasteiger partial charge in [0, 0.05) is 11.3 Å². The Bertz CT molecular complexity index is 1440. The molecule has 0 aliphatic carbocycles. The zero-order valence-corrected chi connectivity index (χ0v) is 19.2. The van der Waals surface area contributed by atoms with Crippen molar-refractivity contribution in [3.05, 3.63) is 89.2 Å². The molecule has 0 unspecified atom stereocenters. The van der Waals surface area contributed by atoms with Crippen molar-refractivity contribution in [1.82, 2.24) is 14.5 Å². The van der Waals surface area contributed by atoms with Crippen LogP contribution in [0.25, 0.3) is 10.8 Å². The molecule has 33 heavy (non-hydrogen) atoms. The van der Waals surface area contributed by atoms with E-state index in [1.54, 1.807) is 42.1 Å². The molecule has 0 bridgehead atoms. The summed E-state index contributed by atoms with van der Waals surface area (Å²) in [5.74, 6) is 0.677. The summed E-state index contributed by atoms with van der Waals surface area (Å²) in [6.45, 7) is 2.47. The van der Waals surface area contributed by atoms with Crippen LogP contribution in [-0.2, 0) is 23.1 Å². The maximum absolute atomic E-state index is 12.9. The average Bonchev–Trinajstić information content (AvgIpc) is 3.16. The maximum Gasteiger partial charge on any atom is 0.240 e. The van der Waals surface area contributed by atoms with Crippen molar-refractivity contribution in [2.24, 2.45) is 5.73 Å². The molecule has 0 saturated heterocycles. The molecule has 1 aromatic heterocycles. The Kier molecular flexibility index (Phi) is 6.17. The van der Waals surface area contributed by atoms with Crippen LogP contribution in [-0.4, -0.2) is 31.1 Å². The number of aryl methyl sites for hydroxylation is 1. The Morgan fingerprint density at radius 1 is 1.09 bits per heavy atom. The van der Waals surface area contributed by atoms with Crippen molar-refractivity contribution in [3.8, 4) is 5.75 Å². The summed E-state index contributed by atoms with van der Waals surface area (Å²) in [7, 11) is -2.15. The molecule has 170 valence electrons. The van der Waals surface area contributed by atoms with Crippen LogP contribution < -0.4 is 15.2 Å². The second kappa shape index (κ2) is 9.05. The molecule has 9 heteroatoms. The highest BCUT2D eigenvalue weighted by molar-refractivity contribution is 7.89. The van der Waals surface area contributed by atoms with Gasteiger partial charge >= 0.3 is 0 Å². The van der Waals surface area contributed by atoms with Crippen molar-refractivity contribution >= 4 is 26.6 Å². The number of fused-ring (bicyclic) bond motifs is 1. The lowest BCUT2D eigenvalue weighted by atomic mass is 10.1. The number of aromatic nitrogens is 2. The fourth-order valence-electron chi connectivity index (χ4n) is 3.58. The van der Waals surface area contributed by atoms with E-state index >= 15 is 0 Å². The molecule has 4 rings (SSSR count). The number of nitrogens with zero attached hydrogens (tertiary/aromatic N) is 2. The van der Waals surface area contributed by atoms with Crippen molar-refractivity contribution < 1.29 is 13.2 Å². The lowest BCUT2D eigenvalue weighted by Gasteiger charge is -2.08. The van der Waals surface area contributed by atoms with Crippen molar-refractivity contribution in [1.29, 1.82) is 5.41 Å². The van der Waals surface area contributed by atoms with Crippen LogP contribution in [0, 0.1) is 12.3 Å². The van der Waals surface area contributed by atoms with Crippen LogP contribution in [0.3, 0.4) is 0 Å². The molecule has 8 nitrogen and oxygen atoms in total. The Labute approximate surface area is 192 Å². The van der Waals surface area contributed by atoms with Crippen LogP contribution in [0.1, 0.15) is 22.5 Å². The molecule has 0 saturated carbocycles. The quantitative estimate of drug-likeness (QED) is 0.274. The first-order chi connectivity index (χ1) is 15.7. The smallest absolute Gasteiger partial charge is 0.240 e. The third-order valence-electron chi connectivity index (χ3n) is 5.37. The van der Waals surface area contributed by atoms with Gasteiger partial charge in [0.2, 0.25) is 10.0 Å². The number of nitrogens with two attached hydrogens (primary N) is 1. The first kappa shape index (κ1) is 22.5. The van der Waals surface area contributed by atoms with Crippen molar-refractivity contribution in [2.45, 2.75) is 24.9 Å². The topological polar surface area (TPSA) is 123 Å². The van der Waals surface area contributed by atoms with Crippen LogP contribution in [0.15, 0.2) is 71.6 Å². The number of nitrogens with one attached hydrogen (secondary N) is 2. The highest BCUT2D eigenvalue weighted by Gasteiger charge is 2.16. The molecule has 4 N–H and O–H groups in total. The number of hydrogen-bond donors (Lipinski definition) is 3. The molecule has 0 aliphatic heterocycles. The van der Waals surface area contributed by atoms with Crippen molar-refractivity contribution in [3.63, 3.8) is 0 Å². The van der Waals surface area contributed by atoms with E-state index in [1.807, 2.05) is 43.3 Å². The Morgan fingerprint density at radius 3 is 2.64 bits per heavy atom. The lowest BCUT2D eigenvalue weighted by molar-refractivity contribution is 0.415. The van der Waals surface area contributed by atoms with Crippen LogP contribution in [0.5, 0.6) is 5.75 Å². The number of amidine groups is 1. The number of methoxy groups -OCH3 is 1. The van der Waals surface area contributed by atoms with Crippen LogP contribution in [0.4, 0.5) is 0 Å². The van der Waals surface area contributed by atoms with E-state index in [0.29, 0.717) is 23.6 Å². The summed E-state index contributed by atoms with van der Waals surface area (Å²) in [5, 5.41) is 13.8. The summed E-state index contributed by atoms with van der Waals surface area (Å²) in [6, 6.07) is 19.8. The number of rotatable bonds is 8. The molecular weight excluding hydrogens is 438 g/mol. The third kappa shape index (κ3) is 5.05. The van der Waals surface area contributed by atoms with E-state index < -0.39 is 10.0 Å². The minimum Gasteiger partial charge on any atom is -0.497 e. The van der Waals surface area contributed by atoms with Gasteiger partial charge in [-0.2, -0.15) is 5.10 Å². The number of nitrogen functional groups attached to an aromatic ring is 1. The Balaban J connectivity index is 1.49. The first-order valence-corrected chi connectivity index (χ1v) is 11.8. The van der Waals surface area contributed by atoms with E-state index in [0.717, 1.165) is 22.0 Å². The summed E-state index contributed by atoms with van der Waals surface area (Å²) in [5.41, 5.74) is 8.69. The zero-order valence-electron chi connectivity index (χ0n) is 18.4. The second-order valence-corrected chi connectivity index (χ2v) is 9.52. The molecular formula is C24H25N5O3S. The van der Waals surface area contributed by atoms with Gasteiger partial charge in [-0.25, -0.2) is 13.1 Å². The fraction of sp³-hybridized carbons (Fsp3) is 0.167. The normalized spacial score (nSPS) is 11.6. The molecule has 0 aliphatic rings. The lowest BCUT2D eigenvalue weighted by Crippen LogP contribution is -2.23. The standard InChI is InChI=1S/C24H25N5O3S/c1-16-10-21(28-29(16)15-17-4-3-5-19(11-17)24(25)26)14-27-33(30,31)23-9-7-18-6-8-22(32-2)12-20(18)13-23/h3-13,27H,14-15H2,1-2H3,(H3,25,26). The van der Waals surface area contributed by atoms with E-state index in [4.69, 9.17) is 15.9 Å². The van der Waals surface area contributed by atoms with Crippen LogP contribution in [0.2, 0.25) is 0 Å². The van der Waals surface area contributed by atoms with Crippen LogP contribution >= 0.6 is 0 Å². The molecule has 3 aromatic carbocycles. The van der Waals surface area contributed by atoms with Crippen molar-refractivity contribution in [2.75, 3.05) is 7.11 Å². The fourth-order valence-corrected chi connectivity index (χ4v) is 4.62. The van der Waals surface area contributed by atoms with Gasteiger partial charge in [-0.15, -0.1) is 0 Å². The molecule has 0 amide bonds. The van der Waals surface area contributed by atoms with Gasteiger partial charge in [0.25, 0.3) is 0 Å². The number of sulfonamides is 1. The predicted molar refractivity (Wildman–Crippen MR) is 128 cm³/mol. The predicted octanol–water partition coefficient (Wildman–Crippen LogP) is 3.16. The summed E-state index contributed by atoms with van der Waals surface area (Å²) < 4.78 is 35.4. The second-order valence-electron chi connectivity index (χ2n) is 7.75. The highest BCUT2D eigenvalue weighted by Crippen LogP contribution is 2.24. The Hall–Kier alpha value is -3.69. The Morgan fingerprint density at radius 2 is 1.88 bits per heavy atom. The van der Waals surface area contributed by atoms with E-state index in [2.05, 4.69) is 9.82 Å². The third-order valence-corrected chi connectivity index (χ3v) is 6.77. The molecule has 1 heterocycles. The average molecular weight is 464 g/mol. The summed E-state index contributed by atoms with van der Waals surface area (Å²) in [6.07, 6.45) is 0. The van der Waals surface area contributed by atoms with E-state index in [1.165, 1.54) is 0 Å². The molecule has 0 radical (unpaired) electrons. The van der Waals surface area contributed by atoms with Gasteiger partial charge in [-0.1, -0.05) is 30.3 Å². The zero-order chi connectivity index (χ0) is 23.6. The number of benzene rings is 3. The summed E-state index contributed by atoms with van der Waals surface area (Å²) in [4.78, 5) is 0.181. The highest BCUT2D eigenvalue weighted by atomic mass is 32.2. The van der Waals surface area contributed by atoms with E-state index in [-0.39, 0.29) is 17.3 Å². The number of hydrogen-bond acceptors (Lipinski definition) is 5. The maximum atomic E-state index is 12.9. The molecule has 0 fully saturated rings. The SMILES string of the molecule is COc1ccc2ccc(S(=O)(=O)NCc3cc(C)n(Cc4cccc(C(=N)N)c4)n3)cc2c1. The number of ether oxygens (including phenoxy) is 1. The monoisotopic (exact) mass is 463 g/mol. The van der Waals surface area contributed by atoms with Gasteiger partial charge in [0.1, 0.15) is 11.6 Å². The molecule has 4 aromatic rings. The first-order valence-electron chi connectivity index (χ1n) is 10.3.